The lowest BCUT2D eigenvalue weighted by Gasteiger charge is -2.29. The van der Waals surface area contributed by atoms with Crippen molar-refractivity contribution in [1.82, 2.24) is 4.72 Å². The van der Waals surface area contributed by atoms with Crippen LogP contribution in [0.15, 0.2) is 18.2 Å². The standard InChI is InChI=1S/C12H16BrFN2O3S/c13-9-20(17,18)15-8-10-1-2-12(11(14)7-10)16-3-5-19-6-4-16/h1-2,7,15H,3-6,8-9H2. The summed E-state index contributed by atoms with van der Waals surface area (Å²) >= 11 is 2.88. The van der Waals surface area contributed by atoms with Gasteiger partial charge in [0.25, 0.3) is 0 Å². The van der Waals surface area contributed by atoms with Gasteiger partial charge in [0.1, 0.15) is 10.5 Å². The molecule has 0 bridgehead atoms. The molecule has 112 valence electrons. The summed E-state index contributed by atoms with van der Waals surface area (Å²) in [5.74, 6) is -0.345. The first-order valence-corrected chi connectivity index (χ1v) is 8.93. The van der Waals surface area contributed by atoms with Crippen LogP contribution in [0.3, 0.4) is 0 Å². The number of halogens is 2. The summed E-state index contributed by atoms with van der Waals surface area (Å²) in [6.07, 6.45) is 0. The molecule has 1 heterocycles. The number of alkyl halides is 1. The zero-order valence-electron chi connectivity index (χ0n) is 10.8. The topological polar surface area (TPSA) is 58.6 Å². The molecule has 1 aliphatic rings. The Hall–Kier alpha value is -0.700. The second kappa shape index (κ2) is 6.84. The van der Waals surface area contributed by atoms with E-state index in [2.05, 4.69) is 20.7 Å². The molecule has 1 saturated heterocycles. The minimum Gasteiger partial charge on any atom is -0.378 e. The molecule has 20 heavy (non-hydrogen) atoms. The second-order valence-corrected chi connectivity index (χ2v) is 7.54. The van der Waals surface area contributed by atoms with E-state index in [1.807, 2.05) is 4.90 Å². The molecule has 0 spiro atoms. The van der Waals surface area contributed by atoms with Gasteiger partial charge in [-0.05, 0) is 17.7 Å². The highest BCUT2D eigenvalue weighted by Crippen LogP contribution is 2.21. The van der Waals surface area contributed by atoms with Crippen LogP contribution < -0.4 is 9.62 Å². The first-order chi connectivity index (χ1) is 9.52. The fourth-order valence-corrected chi connectivity index (χ4v) is 2.90. The molecule has 1 N–H and O–H groups in total. The molecule has 1 fully saturated rings. The third kappa shape index (κ3) is 4.15. The van der Waals surface area contributed by atoms with Gasteiger partial charge in [-0.1, -0.05) is 22.0 Å². The maximum Gasteiger partial charge on any atom is 0.221 e. The van der Waals surface area contributed by atoms with Gasteiger partial charge in [0.2, 0.25) is 10.0 Å². The van der Waals surface area contributed by atoms with Crippen molar-refractivity contribution < 1.29 is 17.5 Å². The van der Waals surface area contributed by atoms with Crippen LogP contribution in [0.5, 0.6) is 0 Å². The van der Waals surface area contributed by atoms with E-state index in [9.17, 15) is 12.8 Å². The van der Waals surface area contributed by atoms with E-state index in [4.69, 9.17) is 4.74 Å². The van der Waals surface area contributed by atoms with Crippen molar-refractivity contribution in [2.24, 2.45) is 0 Å². The third-order valence-electron chi connectivity index (χ3n) is 3.00. The summed E-state index contributed by atoms with van der Waals surface area (Å²) in [7, 11) is -3.34. The summed E-state index contributed by atoms with van der Waals surface area (Å²) < 4.78 is 44.1. The lowest BCUT2D eigenvalue weighted by molar-refractivity contribution is 0.122. The van der Waals surface area contributed by atoms with Crippen molar-refractivity contribution in [3.8, 4) is 0 Å². The van der Waals surface area contributed by atoms with Crippen molar-refractivity contribution in [3.63, 3.8) is 0 Å². The van der Waals surface area contributed by atoms with Crippen LogP contribution in [-0.4, -0.2) is 39.4 Å². The molecular weight excluding hydrogens is 351 g/mol. The summed E-state index contributed by atoms with van der Waals surface area (Å²) in [5.41, 5.74) is 1.12. The minimum atomic E-state index is -3.34. The Labute approximate surface area is 126 Å². The number of ether oxygens (including phenoxy) is 1. The van der Waals surface area contributed by atoms with Crippen LogP contribution in [0.4, 0.5) is 10.1 Å². The highest BCUT2D eigenvalue weighted by Gasteiger charge is 2.15. The Morgan fingerprint density at radius 1 is 1.35 bits per heavy atom. The molecule has 0 aliphatic carbocycles. The van der Waals surface area contributed by atoms with Crippen LogP contribution in [-0.2, 0) is 21.3 Å². The Kier molecular flexibility index (Phi) is 5.36. The zero-order valence-corrected chi connectivity index (χ0v) is 13.2. The average Bonchev–Trinajstić information content (AvgIpc) is 2.46. The van der Waals surface area contributed by atoms with Crippen molar-refractivity contribution >= 4 is 31.6 Å². The SMILES string of the molecule is O=S(=O)(CBr)NCc1ccc(N2CCOCC2)c(F)c1. The lowest BCUT2D eigenvalue weighted by atomic mass is 10.2. The van der Waals surface area contributed by atoms with Crippen LogP contribution in [0, 0.1) is 5.82 Å². The minimum absolute atomic E-state index is 0.0776. The van der Waals surface area contributed by atoms with E-state index in [0.717, 1.165) is 0 Å². The number of rotatable bonds is 5. The summed E-state index contributed by atoms with van der Waals surface area (Å²) in [6, 6.07) is 4.77. The lowest BCUT2D eigenvalue weighted by Crippen LogP contribution is -2.36. The number of benzene rings is 1. The molecule has 0 unspecified atom stereocenters. The number of nitrogens with zero attached hydrogens (tertiary/aromatic N) is 1. The number of hydrogen-bond donors (Lipinski definition) is 1. The van der Waals surface area contributed by atoms with Gasteiger partial charge >= 0.3 is 0 Å². The summed E-state index contributed by atoms with van der Waals surface area (Å²) in [6.45, 7) is 2.58. The number of sulfonamides is 1. The van der Waals surface area contributed by atoms with E-state index < -0.39 is 10.0 Å². The van der Waals surface area contributed by atoms with E-state index >= 15 is 0 Å². The number of hydrogen-bond acceptors (Lipinski definition) is 4. The van der Waals surface area contributed by atoms with E-state index in [1.165, 1.54) is 6.07 Å². The van der Waals surface area contributed by atoms with E-state index in [-0.39, 0.29) is 17.0 Å². The normalized spacial score (nSPS) is 16.4. The third-order valence-corrected chi connectivity index (χ3v) is 5.68. The molecule has 0 amide bonds. The quantitative estimate of drug-likeness (QED) is 0.801. The maximum atomic E-state index is 14.1. The van der Waals surface area contributed by atoms with Crippen molar-refractivity contribution in [2.45, 2.75) is 6.54 Å². The molecule has 8 heteroatoms. The molecule has 1 aliphatic heterocycles. The zero-order chi connectivity index (χ0) is 14.6. The Morgan fingerprint density at radius 3 is 2.65 bits per heavy atom. The first-order valence-electron chi connectivity index (χ1n) is 6.16. The molecule has 0 saturated carbocycles. The van der Waals surface area contributed by atoms with Crippen molar-refractivity contribution in [2.75, 3.05) is 35.9 Å². The highest BCUT2D eigenvalue weighted by atomic mass is 79.9. The average molecular weight is 367 g/mol. The number of morpholine rings is 1. The molecule has 1 aromatic carbocycles. The number of anilines is 1. The van der Waals surface area contributed by atoms with Gasteiger partial charge in [0.15, 0.2) is 0 Å². The van der Waals surface area contributed by atoms with Crippen molar-refractivity contribution in [1.29, 1.82) is 0 Å². The monoisotopic (exact) mass is 366 g/mol. The molecule has 2 rings (SSSR count). The van der Waals surface area contributed by atoms with Crippen LogP contribution in [0.2, 0.25) is 0 Å². The van der Waals surface area contributed by atoms with Gasteiger partial charge in [-0.3, -0.25) is 0 Å². The Balaban J connectivity index is 2.05. The molecular formula is C12H16BrFN2O3S. The largest absolute Gasteiger partial charge is 0.378 e. The maximum absolute atomic E-state index is 14.1. The van der Waals surface area contributed by atoms with E-state index in [0.29, 0.717) is 37.6 Å². The first kappa shape index (κ1) is 15.7. The van der Waals surface area contributed by atoms with Crippen LogP contribution in [0.1, 0.15) is 5.56 Å². The Morgan fingerprint density at radius 2 is 2.05 bits per heavy atom. The molecule has 0 radical (unpaired) electrons. The van der Waals surface area contributed by atoms with Crippen LogP contribution >= 0.6 is 15.9 Å². The van der Waals surface area contributed by atoms with Gasteiger partial charge in [0, 0.05) is 19.6 Å². The predicted octanol–water partition coefficient (Wildman–Crippen LogP) is 1.43. The highest BCUT2D eigenvalue weighted by molar-refractivity contribution is 9.10. The molecule has 1 aromatic rings. The van der Waals surface area contributed by atoms with Gasteiger partial charge < -0.3 is 9.64 Å². The van der Waals surface area contributed by atoms with Gasteiger partial charge in [0.05, 0.1) is 18.9 Å². The summed E-state index contributed by atoms with van der Waals surface area (Å²) in [5, 5.41) is 0. The second-order valence-electron chi connectivity index (χ2n) is 4.43. The Bertz CT molecular complexity index is 562. The summed E-state index contributed by atoms with van der Waals surface area (Å²) in [4.78, 5) is 1.92. The smallest absolute Gasteiger partial charge is 0.221 e. The fraction of sp³-hybridized carbons (Fsp3) is 0.500. The fourth-order valence-electron chi connectivity index (χ4n) is 1.95. The molecule has 0 atom stereocenters. The van der Waals surface area contributed by atoms with Crippen molar-refractivity contribution in [3.05, 3.63) is 29.6 Å². The van der Waals surface area contributed by atoms with Gasteiger partial charge in [-0.25, -0.2) is 17.5 Å². The van der Waals surface area contributed by atoms with Crippen LogP contribution in [0.25, 0.3) is 0 Å². The van der Waals surface area contributed by atoms with E-state index in [1.54, 1.807) is 12.1 Å². The number of nitrogens with one attached hydrogen (secondary N) is 1. The molecule has 0 aromatic heterocycles. The van der Waals surface area contributed by atoms with Gasteiger partial charge in [-0.2, -0.15) is 0 Å². The molecule has 5 nitrogen and oxygen atoms in total. The predicted molar refractivity (Wildman–Crippen MR) is 79.0 cm³/mol. The van der Waals surface area contributed by atoms with Gasteiger partial charge in [-0.15, -0.1) is 0 Å².